The van der Waals surface area contributed by atoms with Crippen molar-refractivity contribution in [1.82, 2.24) is 0 Å². The Morgan fingerprint density at radius 3 is 2.57 bits per heavy atom. The van der Waals surface area contributed by atoms with Gasteiger partial charge in [-0.2, -0.15) is 0 Å². The maximum Gasteiger partial charge on any atom is 0.121 e. The van der Waals surface area contributed by atoms with Gasteiger partial charge in [0.05, 0.1) is 6.61 Å². The average Bonchev–Trinajstić information content (AvgIpc) is 2.26. The molecular weight excluding hydrogens is 196 g/mol. The number of fused-ring (bicyclic) bond motifs is 1. The maximum absolute atomic E-state index is 5.45. The molecule has 0 spiro atoms. The van der Waals surface area contributed by atoms with Crippen LogP contribution >= 0.6 is 11.6 Å². The Kier molecular flexibility index (Phi) is 3.02. The van der Waals surface area contributed by atoms with E-state index in [-0.39, 0.29) is 6.07 Å². The molecular formula is C12H11ClO. The van der Waals surface area contributed by atoms with Crippen molar-refractivity contribution in [1.29, 1.82) is 0 Å². The predicted molar refractivity (Wildman–Crippen MR) is 59.5 cm³/mol. The fraction of sp³-hybridized carbons (Fsp3) is 0.167. The summed E-state index contributed by atoms with van der Waals surface area (Å²) in [6.45, 7) is 0.578. The van der Waals surface area contributed by atoms with Gasteiger partial charge in [0.1, 0.15) is 6.07 Å². The first-order valence-corrected chi connectivity index (χ1v) is 5.05. The van der Waals surface area contributed by atoms with E-state index in [2.05, 4.69) is 30.3 Å². The molecule has 2 heteroatoms. The molecule has 0 heterocycles. The number of halogens is 1. The van der Waals surface area contributed by atoms with Crippen molar-refractivity contribution in [2.75, 3.05) is 6.07 Å². The number of ether oxygens (including phenoxy) is 1. The Morgan fingerprint density at radius 1 is 1.00 bits per heavy atom. The smallest absolute Gasteiger partial charge is 0.121 e. The first kappa shape index (κ1) is 9.50. The Morgan fingerprint density at radius 2 is 1.79 bits per heavy atom. The topological polar surface area (TPSA) is 9.23 Å². The van der Waals surface area contributed by atoms with Crippen LogP contribution < -0.4 is 0 Å². The lowest BCUT2D eigenvalue weighted by Crippen LogP contribution is -1.89. The zero-order chi connectivity index (χ0) is 9.80. The van der Waals surface area contributed by atoms with Crippen molar-refractivity contribution >= 4 is 22.4 Å². The van der Waals surface area contributed by atoms with Gasteiger partial charge >= 0.3 is 0 Å². The van der Waals surface area contributed by atoms with Crippen LogP contribution in [0.5, 0.6) is 0 Å². The minimum absolute atomic E-state index is 0.243. The van der Waals surface area contributed by atoms with Crippen LogP contribution in [0.25, 0.3) is 10.8 Å². The number of benzene rings is 2. The molecule has 0 N–H and O–H groups in total. The lowest BCUT2D eigenvalue weighted by atomic mass is 10.1. The molecule has 0 atom stereocenters. The molecule has 0 unspecified atom stereocenters. The molecule has 72 valence electrons. The van der Waals surface area contributed by atoms with Crippen molar-refractivity contribution in [3.63, 3.8) is 0 Å². The molecule has 0 aliphatic heterocycles. The van der Waals surface area contributed by atoms with Gasteiger partial charge in [0, 0.05) is 0 Å². The first-order valence-electron chi connectivity index (χ1n) is 4.51. The lowest BCUT2D eigenvalue weighted by Gasteiger charge is -2.02. The number of rotatable bonds is 3. The Bertz CT molecular complexity index is 425. The summed E-state index contributed by atoms with van der Waals surface area (Å²) in [5.74, 6) is 0. The molecule has 2 rings (SSSR count). The summed E-state index contributed by atoms with van der Waals surface area (Å²) in [5.41, 5.74) is 1.16. The van der Waals surface area contributed by atoms with E-state index in [9.17, 15) is 0 Å². The Hall–Kier alpha value is -1.05. The van der Waals surface area contributed by atoms with Crippen LogP contribution in [0.4, 0.5) is 0 Å². The fourth-order valence-corrected chi connectivity index (χ4v) is 1.56. The van der Waals surface area contributed by atoms with Gasteiger partial charge in [0.25, 0.3) is 0 Å². The summed E-state index contributed by atoms with van der Waals surface area (Å²) < 4.78 is 5.13. The SMILES string of the molecule is ClCOCc1ccc2ccccc2c1. The Balaban J connectivity index is 2.32. The highest BCUT2D eigenvalue weighted by Crippen LogP contribution is 2.16. The largest absolute Gasteiger partial charge is 0.361 e. The quantitative estimate of drug-likeness (QED) is 0.698. The van der Waals surface area contributed by atoms with Gasteiger partial charge in [-0.05, 0) is 22.4 Å². The van der Waals surface area contributed by atoms with Gasteiger partial charge in [-0.25, -0.2) is 0 Å². The maximum atomic E-state index is 5.45. The predicted octanol–water partition coefficient (Wildman–Crippen LogP) is 3.55. The summed E-state index contributed by atoms with van der Waals surface area (Å²) in [6, 6.07) is 14.8. The average molecular weight is 207 g/mol. The highest BCUT2D eigenvalue weighted by atomic mass is 35.5. The molecule has 0 bridgehead atoms. The van der Waals surface area contributed by atoms with Crippen molar-refractivity contribution in [2.24, 2.45) is 0 Å². The lowest BCUT2D eigenvalue weighted by molar-refractivity contribution is 0.165. The zero-order valence-electron chi connectivity index (χ0n) is 7.74. The fourth-order valence-electron chi connectivity index (χ4n) is 1.48. The summed E-state index contributed by atoms with van der Waals surface area (Å²) in [7, 11) is 0. The van der Waals surface area contributed by atoms with Crippen LogP contribution in [-0.2, 0) is 11.3 Å². The molecule has 0 aliphatic carbocycles. The van der Waals surface area contributed by atoms with E-state index in [1.54, 1.807) is 0 Å². The summed E-state index contributed by atoms with van der Waals surface area (Å²) in [5, 5.41) is 2.49. The summed E-state index contributed by atoms with van der Waals surface area (Å²) in [6.07, 6.45) is 0. The monoisotopic (exact) mass is 206 g/mol. The summed E-state index contributed by atoms with van der Waals surface area (Å²) >= 11 is 5.45. The molecule has 2 aromatic carbocycles. The van der Waals surface area contributed by atoms with Crippen LogP contribution in [0.2, 0.25) is 0 Å². The highest BCUT2D eigenvalue weighted by molar-refractivity contribution is 6.17. The third-order valence-electron chi connectivity index (χ3n) is 2.16. The van der Waals surface area contributed by atoms with Crippen LogP contribution in [0.1, 0.15) is 5.56 Å². The Labute approximate surface area is 88.3 Å². The van der Waals surface area contributed by atoms with Gasteiger partial charge < -0.3 is 4.74 Å². The standard InChI is InChI=1S/C12H11ClO/c13-9-14-8-10-5-6-11-3-1-2-4-12(11)7-10/h1-7H,8-9H2. The van der Waals surface area contributed by atoms with E-state index >= 15 is 0 Å². The molecule has 0 saturated carbocycles. The summed E-state index contributed by atoms with van der Waals surface area (Å²) in [4.78, 5) is 0. The van der Waals surface area contributed by atoms with Gasteiger partial charge in [-0.3, -0.25) is 0 Å². The van der Waals surface area contributed by atoms with Crippen molar-refractivity contribution in [2.45, 2.75) is 6.61 Å². The molecule has 0 aromatic heterocycles. The van der Waals surface area contributed by atoms with Gasteiger partial charge in [-0.15, -0.1) is 0 Å². The van der Waals surface area contributed by atoms with Crippen molar-refractivity contribution in [3.05, 3.63) is 48.0 Å². The number of hydrogen-bond acceptors (Lipinski definition) is 1. The number of hydrogen-bond donors (Lipinski definition) is 0. The second-order valence-electron chi connectivity index (χ2n) is 3.14. The van der Waals surface area contributed by atoms with E-state index < -0.39 is 0 Å². The van der Waals surface area contributed by atoms with Crippen LogP contribution in [0.15, 0.2) is 42.5 Å². The molecule has 0 radical (unpaired) electrons. The van der Waals surface area contributed by atoms with Gasteiger partial charge in [-0.1, -0.05) is 48.0 Å². The first-order chi connectivity index (χ1) is 6.90. The van der Waals surface area contributed by atoms with E-state index in [4.69, 9.17) is 16.3 Å². The third kappa shape index (κ3) is 2.06. The minimum Gasteiger partial charge on any atom is -0.361 e. The molecule has 0 saturated heterocycles. The normalized spacial score (nSPS) is 10.6. The highest BCUT2D eigenvalue weighted by Gasteiger charge is 1.95. The number of alkyl halides is 1. The molecule has 0 fully saturated rings. The second-order valence-corrected chi connectivity index (χ2v) is 3.36. The van der Waals surface area contributed by atoms with E-state index in [0.717, 1.165) is 5.56 Å². The van der Waals surface area contributed by atoms with Gasteiger partial charge in [0.15, 0.2) is 0 Å². The second kappa shape index (κ2) is 4.45. The van der Waals surface area contributed by atoms with Gasteiger partial charge in [0.2, 0.25) is 0 Å². The zero-order valence-corrected chi connectivity index (χ0v) is 8.50. The molecule has 0 amide bonds. The van der Waals surface area contributed by atoms with Crippen LogP contribution in [-0.4, -0.2) is 6.07 Å². The van der Waals surface area contributed by atoms with E-state index in [1.165, 1.54) is 10.8 Å². The van der Waals surface area contributed by atoms with E-state index in [1.807, 2.05) is 12.1 Å². The molecule has 2 aromatic rings. The molecule has 0 aliphatic rings. The van der Waals surface area contributed by atoms with E-state index in [0.29, 0.717) is 6.61 Å². The van der Waals surface area contributed by atoms with Crippen molar-refractivity contribution < 1.29 is 4.74 Å². The van der Waals surface area contributed by atoms with Crippen LogP contribution in [0.3, 0.4) is 0 Å². The van der Waals surface area contributed by atoms with Crippen molar-refractivity contribution in [3.8, 4) is 0 Å². The molecule has 1 nitrogen and oxygen atoms in total. The molecule has 14 heavy (non-hydrogen) atoms. The minimum atomic E-state index is 0.243. The third-order valence-corrected chi connectivity index (χ3v) is 2.31. The van der Waals surface area contributed by atoms with Crippen LogP contribution in [0, 0.1) is 0 Å².